The molecule has 1 aliphatic heterocycles. The number of amidine groups is 1. The zero-order valence-electron chi connectivity index (χ0n) is 15.7. The van der Waals surface area contributed by atoms with Gasteiger partial charge in [-0.25, -0.2) is 27.5 Å². The number of ketones is 1. The number of carbonyl (C=O) groups is 1. The molecule has 4 rings (SSSR count). The van der Waals surface area contributed by atoms with Gasteiger partial charge in [-0.05, 0) is 36.2 Å². The van der Waals surface area contributed by atoms with E-state index in [4.69, 9.17) is 15.2 Å². The second-order valence-electron chi connectivity index (χ2n) is 7.20. The number of aromatic nitrogens is 1. The molecule has 1 saturated carbocycles. The largest absolute Gasteiger partial charge is 0.495 e. The number of nitrogens with zero attached hydrogens (tertiary/aromatic N) is 2. The first kappa shape index (κ1) is 20.1. The minimum atomic E-state index is -3.15. The summed E-state index contributed by atoms with van der Waals surface area (Å²) in [5.41, 5.74) is 2.60. The van der Waals surface area contributed by atoms with Crippen LogP contribution in [0.1, 0.15) is 28.0 Å². The lowest BCUT2D eigenvalue weighted by atomic mass is 9.83. The van der Waals surface area contributed by atoms with Crippen LogP contribution in [0.4, 0.5) is 17.6 Å². The molecule has 6 nitrogen and oxygen atoms in total. The number of methoxy groups -OCH3 is 1. The quantitative estimate of drug-likeness (QED) is 0.570. The Kier molecular flexibility index (Phi) is 4.87. The maximum atomic E-state index is 14.7. The molecule has 1 aromatic heterocycles. The highest BCUT2D eigenvalue weighted by atomic mass is 19.3. The molecular weight excluding hydrogens is 406 g/mol. The van der Waals surface area contributed by atoms with E-state index < -0.39 is 53.0 Å². The van der Waals surface area contributed by atoms with Crippen LogP contribution in [-0.2, 0) is 16.7 Å². The molecule has 2 N–H and O–H groups in total. The molecule has 0 radical (unpaired) electrons. The van der Waals surface area contributed by atoms with Gasteiger partial charge in [0.15, 0.2) is 23.0 Å². The van der Waals surface area contributed by atoms with Gasteiger partial charge in [0.2, 0.25) is 0 Å². The number of fused-ring (bicyclic) bond motifs is 1. The molecule has 0 saturated heterocycles. The number of halogens is 4. The number of aliphatic imine (C=N–C) groups is 1. The van der Waals surface area contributed by atoms with Crippen LogP contribution < -0.4 is 10.5 Å². The van der Waals surface area contributed by atoms with Crippen molar-refractivity contribution in [2.24, 2.45) is 16.6 Å². The van der Waals surface area contributed by atoms with Crippen molar-refractivity contribution in [2.75, 3.05) is 7.11 Å². The van der Waals surface area contributed by atoms with Crippen LogP contribution in [0.3, 0.4) is 0 Å². The highest BCUT2D eigenvalue weighted by molar-refractivity contribution is 5.95. The van der Waals surface area contributed by atoms with Gasteiger partial charge in [-0.1, -0.05) is 0 Å². The summed E-state index contributed by atoms with van der Waals surface area (Å²) >= 11 is 0. The highest BCUT2D eigenvalue weighted by Crippen LogP contribution is 2.56. The standard InChI is InChI=1S/C20H17F4N3O3/c1-29-10-2-3-14(26-8-10)15(28)6-9-4-12(17(22)13(21)5-9)20(18(23)24)11-7-16(11)30-19(25)27-20/h2-5,8,11,16,18H,6-7H2,1H3,(H2,25,27)/t11-,16+,20-/m0/s1. The summed E-state index contributed by atoms with van der Waals surface area (Å²) in [6.45, 7) is 0. The third-order valence-corrected chi connectivity index (χ3v) is 5.34. The average Bonchev–Trinajstić information content (AvgIpc) is 3.49. The van der Waals surface area contributed by atoms with Crippen LogP contribution in [-0.4, -0.2) is 36.4 Å². The molecule has 2 heterocycles. The Hall–Kier alpha value is -3.17. The summed E-state index contributed by atoms with van der Waals surface area (Å²) < 4.78 is 67.4. The second-order valence-corrected chi connectivity index (χ2v) is 7.20. The molecular formula is C20H17F4N3O3. The van der Waals surface area contributed by atoms with Crippen molar-refractivity contribution in [3.63, 3.8) is 0 Å². The zero-order valence-corrected chi connectivity index (χ0v) is 15.7. The fourth-order valence-corrected chi connectivity index (χ4v) is 3.78. The van der Waals surface area contributed by atoms with E-state index in [1.54, 1.807) is 0 Å². The Morgan fingerprint density at radius 3 is 2.77 bits per heavy atom. The second kappa shape index (κ2) is 7.26. The Bertz CT molecular complexity index is 1030. The molecule has 0 unspecified atom stereocenters. The Morgan fingerprint density at radius 2 is 2.13 bits per heavy atom. The van der Waals surface area contributed by atoms with Gasteiger partial charge >= 0.3 is 0 Å². The molecule has 1 aromatic carbocycles. The first-order chi connectivity index (χ1) is 14.3. The van der Waals surface area contributed by atoms with Gasteiger partial charge < -0.3 is 15.2 Å². The van der Waals surface area contributed by atoms with E-state index in [2.05, 4.69) is 9.98 Å². The van der Waals surface area contributed by atoms with Crippen molar-refractivity contribution >= 4 is 11.8 Å². The van der Waals surface area contributed by atoms with Crippen molar-refractivity contribution in [1.29, 1.82) is 0 Å². The first-order valence-corrected chi connectivity index (χ1v) is 9.08. The number of hydrogen-bond acceptors (Lipinski definition) is 6. The fraction of sp³-hybridized carbons (Fsp3) is 0.350. The van der Waals surface area contributed by atoms with Gasteiger partial charge in [0.1, 0.15) is 17.5 Å². The lowest BCUT2D eigenvalue weighted by molar-refractivity contribution is 0.0172. The number of hydrogen-bond donors (Lipinski definition) is 1. The molecule has 0 spiro atoms. The van der Waals surface area contributed by atoms with Crippen molar-refractivity contribution in [3.05, 3.63) is 58.9 Å². The highest BCUT2D eigenvalue weighted by Gasteiger charge is 2.64. The Labute approximate surface area is 168 Å². The minimum absolute atomic E-state index is 0.0176. The van der Waals surface area contributed by atoms with Crippen molar-refractivity contribution in [3.8, 4) is 5.75 Å². The number of pyridine rings is 1. The average molecular weight is 423 g/mol. The molecule has 10 heteroatoms. The number of benzene rings is 1. The first-order valence-electron chi connectivity index (χ1n) is 9.08. The smallest absolute Gasteiger partial charge is 0.283 e. The van der Waals surface area contributed by atoms with E-state index in [9.17, 15) is 22.4 Å². The van der Waals surface area contributed by atoms with Gasteiger partial charge in [0, 0.05) is 17.9 Å². The van der Waals surface area contributed by atoms with Crippen molar-refractivity contribution < 1.29 is 31.8 Å². The molecule has 0 bridgehead atoms. The summed E-state index contributed by atoms with van der Waals surface area (Å²) in [7, 11) is 1.44. The Morgan fingerprint density at radius 1 is 1.37 bits per heavy atom. The summed E-state index contributed by atoms with van der Waals surface area (Å²) in [4.78, 5) is 20.2. The number of alkyl halides is 2. The van der Waals surface area contributed by atoms with E-state index >= 15 is 0 Å². The van der Waals surface area contributed by atoms with E-state index in [1.807, 2.05) is 0 Å². The van der Waals surface area contributed by atoms with E-state index in [-0.39, 0.29) is 24.1 Å². The van der Waals surface area contributed by atoms with E-state index in [0.29, 0.717) is 5.75 Å². The van der Waals surface area contributed by atoms with Crippen molar-refractivity contribution in [1.82, 2.24) is 4.98 Å². The molecule has 0 amide bonds. The lowest BCUT2D eigenvalue weighted by Crippen LogP contribution is -2.43. The zero-order chi connectivity index (χ0) is 21.6. The SMILES string of the molecule is COc1ccc(C(=O)Cc2cc(F)c(F)c([C@@]3(C(F)F)N=C(N)O[C@@H]4C[C@@H]43)c2)nc1. The maximum Gasteiger partial charge on any atom is 0.283 e. The normalized spacial score (nSPS) is 24.7. The van der Waals surface area contributed by atoms with E-state index in [0.717, 1.165) is 12.1 Å². The third kappa shape index (κ3) is 3.25. The molecule has 2 aliphatic rings. The molecule has 30 heavy (non-hydrogen) atoms. The number of ether oxygens (including phenoxy) is 2. The molecule has 1 fully saturated rings. The predicted octanol–water partition coefficient (Wildman–Crippen LogP) is 2.99. The summed E-state index contributed by atoms with van der Waals surface area (Å²) in [5.74, 6) is -3.70. The predicted molar refractivity (Wildman–Crippen MR) is 97.5 cm³/mol. The van der Waals surface area contributed by atoms with Crippen LogP contribution in [0.25, 0.3) is 0 Å². The fourth-order valence-electron chi connectivity index (χ4n) is 3.78. The van der Waals surface area contributed by atoms with Gasteiger partial charge in [-0.3, -0.25) is 4.79 Å². The maximum absolute atomic E-state index is 14.7. The minimum Gasteiger partial charge on any atom is -0.495 e. The Balaban J connectivity index is 1.72. The summed E-state index contributed by atoms with van der Waals surface area (Å²) in [5, 5.41) is 0. The van der Waals surface area contributed by atoms with E-state index in [1.165, 1.54) is 25.4 Å². The van der Waals surface area contributed by atoms with Gasteiger partial charge in [0.05, 0.1) is 13.3 Å². The molecule has 3 atom stereocenters. The molecule has 1 aliphatic carbocycles. The van der Waals surface area contributed by atoms with Gasteiger partial charge in [-0.15, -0.1) is 0 Å². The van der Waals surface area contributed by atoms with Crippen LogP contribution in [0.2, 0.25) is 0 Å². The number of rotatable bonds is 6. The van der Waals surface area contributed by atoms with Crippen LogP contribution in [0.15, 0.2) is 35.5 Å². The monoisotopic (exact) mass is 423 g/mol. The van der Waals surface area contributed by atoms with Gasteiger partial charge in [0.25, 0.3) is 12.4 Å². The van der Waals surface area contributed by atoms with Crippen molar-refractivity contribution in [2.45, 2.75) is 30.9 Å². The third-order valence-electron chi connectivity index (χ3n) is 5.34. The van der Waals surface area contributed by atoms with Crippen LogP contribution in [0, 0.1) is 17.6 Å². The molecule has 158 valence electrons. The number of nitrogens with two attached hydrogens (primary N) is 1. The number of carbonyl (C=O) groups excluding carboxylic acids is 1. The summed E-state index contributed by atoms with van der Waals surface area (Å²) in [6, 6.07) is 4.29. The van der Waals surface area contributed by atoms with Crippen LogP contribution in [0.5, 0.6) is 5.75 Å². The lowest BCUT2D eigenvalue weighted by Gasteiger charge is -2.33. The van der Waals surface area contributed by atoms with Gasteiger partial charge in [-0.2, -0.15) is 0 Å². The van der Waals surface area contributed by atoms with Crippen LogP contribution >= 0.6 is 0 Å². The topological polar surface area (TPSA) is 86.8 Å². The summed E-state index contributed by atoms with van der Waals surface area (Å²) in [6.07, 6.45) is -2.63. The molecule has 2 aromatic rings. The number of Topliss-reactive ketones (excluding diaryl/α,β-unsaturated/α-hetero) is 1.